The Balaban J connectivity index is 2.08. The smallest absolute Gasteiger partial charge is 0.0951 e. The molecule has 2 aromatic carbocycles. The molecule has 0 bridgehead atoms. The van der Waals surface area contributed by atoms with E-state index in [1.165, 1.54) is 27.8 Å². The van der Waals surface area contributed by atoms with Gasteiger partial charge in [0.1, 0.15) is 0 Å². The molecule has 3 nitrogen and oxygen atoms in total. The van der Waals surface area contributed by atoms with E-state index in [0.717, 1.165) is 11.2 Å². The molecule has 0 spiro atoms. The van der Waals surface area contributed by atoms with Crippen molar-refractivity contribution in [3.05, 3.63) is 58.8 Å². The lowest BCUT2D eigenvalue weighted by atomic mass is 9.95. The topological polar surface area (TPSA) is 29.9 Å². The van der Waals surface area contributed by atoms with Crippen LogP contribution in [0.4, 0.5) is 5.69 Å². The van der Waals surface area contributed by atoms with Gasteiger partial charge in [0.15, 0.2) is 0 Å². The van der Waals surface area contributed by atoms with E-state index in [1.54, 1.807) is 0 Å². The van der Waals surface area contributed by atoms with E-state index in [0.29, 0.717) is 0 Å². The Labute approximate surface area is 138 Å². The Bertz CT molecular complexity index is 849. The molecule has 0 aliphatic rings. The molecule has 1 aromatic heterocycles. The average Bonchev–Trinajstić information content (AvgIpc) is 2.82. The predicted molar refractivity (Wildman–Crippen MR) is 98.0 cm³/mol. The third kappa shape index (κ3) is 2.72. The lowest BCUT2D eigenvalue weighted by Gasteiger charge is -2.28. The molecule has 1 N–H and O–H groups in total. The number of anilines is 1. The third-order valence-electron chi connectivity index (χ3n) is 4.46. The van der Waals surface area contributed by atoms with Gasteiger partial charge in [-0.3, -0.25) is 4.68 Å². The first-order valence-corrected chi connectivity index (χ1v) is 8.08. The van der Waals surface area contributed by atoms with E-state index in [4.69, 9.17) is 5.10 Å². The van der Waals surface area contributed by atoms with Crippen molar-refractivity contribution in [2.24, 2.45) is 7.05 Å². The second kappa shape index (κ2) is 5.41. The number of hydrogen-bond acceptors (Lipinski definition) is 2. The Morgan fingerprint density at radius 2 is 1.61 bits per heavy atom. The van der Waals surface area contributed by atoms with Crippen molar-refractivity contribution in [3.8, 4) is 0 Å². The van der Waals surface area contributed by atoms with Gasteiger partial charge in [0.2, 0.25) is 0 Å². The predicted octanol–water partition coefficient (Wildman–Crippen LogP) is 4.85. The maximum atomic E-state index is 4.79. The van der Waals surface area contributed by atoms with Crippen LogP contribution in [0.25, 0.3) is 10.9 Å². The minimum absolute atomic E-state index is 0.258. The zero-order valence-corrected chi connectivity index (χ0v) is 14.9. The van der Waals surface area contributed by atoms with Crippen LogP contribution in [0.1, 0.15) is 36.2 Å². The molecule has 3 heteroatoms. The van der Waals surface area contributed by atoms with Gasteiger partial charge < -0.3 is 5.32 Å². The maximum absolute atomic E-state index is 4.79. The number of nitrogens with zero attached hydrogens (tertiary/aromatic N) is 2. The molecule has 1 heterocycles. The Hall–Kier alpha value is -2.29. The van der Waals surface area contributed by atoms with Gasteiger partial charge in [-0.2, -0.15) is 5.10 Å². The molecule has 3 rings (SSSR count). The number of hydrogen-bond donors (Lipinski definition) is 1. The molecular weight excluding hydrogens is 282 g/mol. The van der Waals surface area contributed by atoms with Crippen LogP contribution in [0.5, 0.6) is 0 Å². The summed E-state index contributed by atoms with van der Waals surface area (Å²) in [6, 6.07) is 12.8. The molecule has 0 fully saturated rings. The van der Waals surface area contributed by atoms with Crippen LogP contribution >= 0.6 is 0 Å². The minimum atomic E-state index is -0.258. The van der Waals surface area contributed by atoms with Crippen molar-refractivity contribution >= 4 is 16.6 Å². The van der Waals surface area contributed by atoms with Crippen LogP contribution in [-0.4, -0.2) is 9.78 Å². The normalized spacial score (nSPS) is 11.9. The summed E-state index contributed by atoms with van der Waals surface area (Å²) in [4.78, 5) is 0. The third-order valence-corrected chi connectivity index (χ3v) is 4.46. The first kappa shape index (κ1) is 15.6. The van der Waals surface area contributed by atoms with Crippen LogP contribution in [0.15, 0.2) is 36.4 Å². The fourth-order valence-electron chi connectivity index (χ4n) is 3.42. The standard InChI is InChI=1S/C20H25N3/c1-13-11-14(2)18(15(3)12-13)21-20(4,5)19-16-9-7-8-10-17(16)23(6)22-19/h7-12,21H,1-6H3. The maximum Gasteiger partial charge on any atom is 0.0951 e. The number of aromatic nitrogens is 2. The van der Waals surface area contributed by atoms with E-state index in [2.05, 4.69) is 76.3 Å². The summed E-state index contributed by atoms with van der Waals surface area (Å²) in [5.41, 5.74) is 7.03. The molecule has 0 saturated carbocycles. The van der Waals surface area contributed by atoms with Crippen molar-refractivity contribution in [3.63, 3.8) is 0 Å². The van der Waals surface area contributed by atoms with Gasteiger partial charge in [-0.05, 0) is 51.8 Å². The van der Waals surface area contributed by atoms with Gasteiger partial charge in [-0.1, -0.05) is 35.9 Å². The average molecular weight is 307 g/mol. The van der Waals surface area contributed by atoms with Crippen molar-refractivity contribution in [2.75, 3.05) is 5.32 Å². The number of nitrogens with one attached hydrogen (secondary N) is 1. The Kier molecular flexibility index (Phi) is 3.67. The zero-order chi connectivity index (χ0) is 16.8. The van der Waals surface area contributed by atoms with Gasteiger partial charge in [-0.25, -0.2) is 0 Å². The Morgan fingerprint density at radius 3 is 2.26 bits per heavy atom. The first-order valence-electron chi connectivity index (χ1n) is 8.08. The molecule has 0 radical (unpaired) electrons. The fourth-order valence-corrected chi connectivity index (χ4v) is 3.42. The van der Waals surface area contributed by atoms with Crippen LogP contribution in [0, 0.1) is 20.8 Å². The number of rotatable bonds is 3. The van der Waals surface area contributed by atoms with Gasteiger partial charge >= 0.3 is 0 Å². The van der Waals surface area contributed by atoms with Crippen molar-refractivity contribution in [2.45, 2.75) is 40.2 Å². The summed E-state index contributed by atoms with van der Waals surface area (Å²) in [5.74, 6) is 0. The molecule has 0 unspecified atom stereocenters. The molecule has 120 valence electrons. The number of benzene rings is 2. The molecule has 0 aliphatic carbocycles. The van der Waals surface area contributed by atoms with Crippen LogP contribution < -0.4 is 5.32 Å². The number of para-hydroxylation sites is 1. The highest BCUT2D eigenvalue weighted by Gasteiger charge is 2.27. The summed E-state index contributed by atoms with van der Waals surface area (Å²) < 4.78 is 1.96. The highest BCUT2D eigenvalue weighted by Crippen LogP contribution is 2.33. The zero-order valence-electron chi connectivity index (χ0n) is 14.9. The molecular formula is C20H25N3. The van der Waals surface area contributed by atoms with E-state index < -0.39 is 0 Å². The summed E-state index contributed by atoms with van der Waals surface area (Å²) in [5, 5.41) is 9.72. The van der Waals surface area contributed by atoms with E-state index in [1.807, 2.05) is 11.7 Å². The SMILES string of the molecule is Cc1cc(C)c(NC(C)(C)c2nn(C)c3ccccc23)c(C)c1. The van der Waals surface area contributed by atoms with Gasteiger partial charge in [0.25, 0.3) is 0 Å². The Morgan fingerprint density at radius 1 is 1.00 bits per heavy atom. The number of aryl methyl sites for hydroxylation is 4. The van der Waals surface area contributed by atoms with Crippen LogP contribution in [0.3, 0.4) is 0 Å². The largest absolute Gasteiger partial charge is 0.374 e. The monoisotopic (exact) mass is 307 g/mol. The summed E-state index contributed by atoms with van der Waals surface area (Å²) in [6.07, 6.45) is 0. The van der Waals surface area contributed by atoms with Crippen LogP contribution in [0.2, 0.25) is 0 Å². The first-order chi connectivity index (χ1) is 10.8. The highest BCUT2D eigenvalue weighted by atomic mass is 15.3. The fraction of sp³-hybridized carbons (Fsp3) is 0.350. The summed E-state index contributed by atoms with van der Waals surface area (Å²) in [7, 11) is 2.00. The minimum Gasteiger partial charge on any atom is -0.374 e. The lowest BCUT2D eigenvalue weighted by Crippen LogP contribution is -2.29. The quantitative estimate of drug-likeness (QED) is 0.750. The molecule has 0 aliphatic heterocycles. The van der Waals surface area contributed by atoms with E-state index in [-0.39, 0.29) is 5.54 Å². The summed E-state index contributed by atoms with van der Waals surface area (Å²) in [6.45, 7) is 10.9. The molecule has 0 atom stereocenters. The summed E-state index contributed by atoms with van der Waals surface area (Å²) >= 11 is 0. The molecule has 23 heavy (non-hydrogen) atoms. The molecule has 0 amide bonds. The van der Waals surface area contributed by atoms with Crippen molar-refractivity contribution in [1.29, 1.82) is 0 Å². The van der Waals surface area contributed by atoms with E-state index >= 15 is 0 Å². The van der Waals surface area contributed by atoms with Gasteiger partial charge in [-0.15, -0.1) is 0 Å². The second-order valence-corrected chi connectivity index (χ2v) is 7.01. The van der Waals surface area contributed by atoms with Gasteiger partial charge in [0.05, 0.1) is 16.7 Å². The highest BCUT2D eigenvalue weighted by molar-refractivity contribution is 5.83. The molecule has 0 saturated heterocycles. The lowest BCUT2D eigenvalue weighted by molar-refractivity contribution is 0.573. The van der Waals surface area contributed by atoms with Gasteiger partial charge in [0, 0.05) is 18.1 Å². The van der Waals surface area contributed by atoms with Crippen LogP contribution in [-0.2, 0) is 12.6 Å². The molecule has 3 aromatic rings. The second-order valence-electron chi connectivity index (χ2n) is 7.01. The number of fused-ring (bicyclic) bond motifs is 1. The van der Waals surface area contributed by atoms with Crippen molar-refractivity contribution < 1.29 is 0 Å². The van der Waals surface area contributed by atoms with E-state index in [9.17, 15) is 0 Å². The van der Waals surface area contributed by atoms with Crippen molar-refractivity contribution in [1.82, 2.24) is 9.78 Å².